The number of halogens is 2. The molecule has 0 fully saturated rings. The molecular weight excluding hydrogens is 404 g/mol. The van der Waals surface area contributed by atoms with Gasteiger partial charge in [-0.2, -0.15) is 0 Å². The highest BCUT2D eigenvalue weighted by molar-refractivity contribution is 9.10. The Morgan fingerprint density at radius 3 is 1.48 bits per heavy atom. The maximum absolute atomic E-state index is 8.75. The maximum atomic E-state index is 8.75. The van der Waals surface area contributed by atoms with E-state index in [9.17, 15) is 0 Å². The summed E-state index contributed by atoms with van der Waals surface area (Å²) in [6.07, 6.45) is 0. The smallest absolute Gasteiger partial charge is 0.179 e. The van der Waals surface area contributed by atoms with Crippen LogP contribution >= 0.6 is 31.9 Å². The van der Waals surface area contributed by atoms with Crippen LogP contribution in [-0.4, -0.2) is 10.5 Å². The Bertz CT molecular complexity index is 601. The minimum atomic E-state index is -0.285. The third-order valence-corrected chi connectivity index (χ3v) is 4.74. The zero-order chi connectivity index (χ0) is 15.6. The van der Waals surface area contributed by atoms with Gasteiger partial charge in [-0.05, 0) is 67.3 Å². The first kappa shape index (κ1) is 16.3. The van der Waals surface area contributed by atoms with Crippen LogP contribution in [0.3, 0.4) is 0 Å². The molecule has 2 N–H and O–H groups in total. The fourth-order valence-corrected chi connectivity index (χ4v) is 3.00. The van der Waals surface area contributed by atoms with Gasteiger partial charge in [0.1, 0.15) is 0 Å². The number of hydrogen-bond acceptors (Lipinski definition) is 4. The van der Waals surface area contributed by atoms with Crippen molar-refractivity contribution >= 4 is 31.9 Å². The number of hydrogen-bond donors (Lipinski definition) is 2. The first-order valence-corrected chi connectivity index (χ1v) is 7.71. The van der Waals surface area contributed by atoms with E-state index in [1.54, 1.807) is 12.1 Å². The fourth-order valence-electron chi connectivity index (χ4n) is 2.09. The third-order valence-electron chi connectivity index (χ3n) is 3.50. The average Bonchev–Trinajstić information content (AvgIpc) is 2.47. The molecule has 0 amide bonds. The van der Waals surface area contributed by atoms with Crippen LogP contribution < -0.4 is 9.78 Å². The van der Waals surface area contributed by atoms with Gasteiger partial charge in [-0.1, -0.05) is 26.0 Å². The Morgan fingerprint density at radius 2 is 1.19 bits per heavy atom. The van der Waals surface area contributed by atoms with E-state index < -0.39 is 0 Å². The Balaban J connectivity index is 2.45. The van der Waals surface area contributed by atoms with E-state index in [-0.39, 0.29) is 5.41 Å². The van der Waals surface area contributed by atoms with Crippen molar-refractivity contribution in [2.75, 3.05) is 0 Å². The van der Waals surface area contributed by atoms with Crippen molar-refractivity contribution in [3.8, 4) is 11.5 Å². The third kappa shape index (κ3) is 3.23. The Labute approximate surface area is 139 Å². The van der Waals surface area contributed by atoms with E-state index in [4.69, 9.17) is 10.5 Å². The first-order chi connectivity index (χ1) is 9.90. The maximum Gasteiger partial charge on any atom is 0.179 e. The van der Waals surface area contributed by atoms with Gasteiger partial charge in [0, 0.05) is 5.41 Å². The standard InChI is InChI=1S/C15H14Br2O4/c1-15(2,9-3-5-13(20-18)11(16)7-9)10-4-6-14(21-19)12(17)8-10/h3-8,18-19H,1-2H3. The highest BCUT2D eigenvalue weighted by Crippen LogP contribution is 2.38. The monoisotopic (exact) mass is 416 g/mol. The van der Waals surface area contributed by atoms with Gasteiger partial charge in [-0.3, -0.25) is 0 Å². The Hall–Kier alpha value is -1.08. The van der Waals surface area contributed by atoms with Crippen molar-refractivity contribution in [1.82, 2.24) is 0 Å². The molecule has 2 rings (SSSR count). The summed E-state index contributed by atoms with van der Waals surface area (Å²) < 4.78 is 1.34. The minimum absolute atomic E-state index is 0.285. The van der Waals surface area contributed by atoms with Crippen LogP contribution in [0.4, 0.5) is 0 Å². The molecule has 0 unspecified atom stereocenters. The molecule has 0 saturated heterocycles. The molecule has 0 spiro atoms. The second-order valence-corrected chi connectivity index (χ2v) is 6.81. The zero-order valence-corrected chi connectivity index (χ0v) is 14.6. The number of benzene rings is 2. The number of rotatable bonds is 4. The molecular formula is C15H14Br2O4. The molecule has 0 aliphatic rings. The van der Waals surface area contributed by atoms with Gasteiger partial charge >= 0.3 is 0 Å². The molecule has 2 aromatic carbocycles. The molecule has 21 heavy (non-hydrogen) atoms. The second kappa shape index (κ2) is 6.36. The second-order valence-electron chi connectivity index (χ2n) is 5.10. The quantitative estimate of drug-likeness (QED) is 0.527. The summed E-state index contributed by atoms with van der Waals surface area (Å²) >= 11 is 6.72. The van der Waals surface area contributed by atoms with Gasteiger partial charge in [0.15, 0.2) is 11.5 Å². The van der Waals surface area contributed by atoms with Gasteiger partial charge < -0.3 is 9.78 Å². The van der Waals surface area contributed by atoms with Crippen molar-refractivity contribution in [1.29, 1.82) is 0 Å². The van der Waals surface area contributed by atoms with Crippen LogP contribution in [0.25, 0.3) is 0 Å². The summed E-state index contributed by atoms with van der Waals surface area (Å²) in [7, 11) is 0. The predicted molar refractivity (Wildman–Crippen MR) is 86.9 cm³/mol. The van der Waals surface area contributed by atoms with Gasteiger partial charge in [0.2, 0.25) is 0 Å². The van der Waals surface area contributed by atoms with Crippen molar-refractivity contribution in [3.05, 3.63) is 56.5 Å². The lowest BCUT2D eigenvalue weighted by atomic mass is 9.78. The Morgan fingerprint density at radius 1 is 0.810 bits per heavy atom. The molecule has 112 valence electrons. The van der Waals surface area contributed by atoms with Crippen LogP contribution in [0, 0.1) is 0 Å². The Kier molecular flexibility index (Phi) is 4.93. The van der Waals surface area contributed by atoms with Crippen molar-refractivity contribution in [3.63, 3.8) is 0 Å². The van der Waals surface area contributed by atoms with E-state index in [0.29, 0.717) is 20.4 Å². The van der Waals surface area contributed by atoms with Crippen molar-refractivity contribution in [2.24, 2.45) is 0 Å². The first-order valence-electron chi connectivity index (χ1n) is 6.13. The summed E-state index contributed by atoms with van der Waals surface area (Å²) in [4.78, 5) is 8.54. The van der Waals surface area contributed by atoms with Gasteiger partial charge in [0.25, 0.3) is 0 Å². The average molecular weight is 418 g/mol. The lowest BCUT2D eigenvalue weighted by Crippen LogP contribution is -2.19. The molecule has 0 atom stereocenters. The van der Waals surface area contributed by atoms with E-state index >= 15 is 0 Å². The molecule has 0 heterocycles. The topological polar surface area (TPSA) is 58.9 Å². The molecule has 0 saturated carbocycles. The fraction of sp³-hybridized carbons (Fsp3) is 0.200. The van der Waals surface area contributed by atoms with E-state index in [2.05, 4.69) is 55.5 Å². The predicted octanol–water partition coefficient (Wildman–Crippen LogP) is 5.24. The molecule has 0 bridgehead atoms. The minimum Gasteiger partial charge on any atom is -0.339 e. The van der Waals surface area contributed by atoms with E-state index in [1.165, 1.54) is 0 Å². The van der Waals surface area contributed by atoms with Crippen LogP contribution in [-0.2, 0) is 5.41 Å². The van der Waals surface area contributed by atoms with Crippen molar-refractivity contribution in [2.45, 2.75) is 19.3 Å². The largest absolute Gasteiger partial charge is 0.339 e. The van der Waals surface area contributed by atoms with Crippen LogP contribution in [0.15, 0.2) is 45.3 Å². The lowest BCUT2D eigenvalue weighted by Gasteiger charge is -2.27. The zero-order valence-electron chi connectivity index (χ0n) is 11.4. The van der Waals surface area contributed by atoms with Gasteiger partial charge in [-0.25, -0.2) is 10.5 Å². The van der Waals surface area contributed by atoms with Gasteiger partial charge in [-0.15, -0.1) is 0 Å². The van der Waals surface area contributed by atoms with E-state index in [1.807, 2.05) is 24.3 Å². The molecule has 0 radical (unpaired) electrons. The molecule has 4 nitrogen and oxygen atoms in total. The summed E-state index contributed by atoms with van der Waals surface area (Å²) in [5, 5.41) is 17.5. The summed E-state index contributed by atoms with van der Waals surface area (Å²) in [5.74, 6) is 0.722. The SMILES string of the molecule is CC(C)(c1ccc(OO)c(Br)c1)c1ccc(OO)c(Br)c1. The molecule has 0 aliphatic heterocycles. The lowest BCUT2D eigenvalue weighted by molar-refractivity contribution is -0.138. The van der Waals surface area contributed by atoms with Crippen LogP contribution in [0.1, 0.15) is 25.0 Å². The molecule has 6 heteroatoms. The van der Waals surface area contributed by atoms with Crippen molar-refractivity contribution < 1.29 is 20.3 Å². The van der Waals surface area contributed by atoms with Crippen LogP contribution in [0.5, 0.6) is 11.5 Å². The summed E-state index contributed by atoms with van der Waals surface area (Å²) in [6, 6.07) is 11.0. The molecule has 0 aliphatic carbocycles. The van der Waals surface area contributed by atoms with Crippen LogP contribution in [0.2, 0.25) is 0 Å². The van der Waals surface area contributed by atoms with E-state index in [0.717, 1.165) is 11.1 Å². The highest BCUT2D eigenvalue weighted by atomic mass is 79.9. The normalized spacial score (nSPS) is 11.3. The summed E-state index contributed by atoms with van der Waals surface area (Å²) in [6.45, 7) is 4.16. The van der Waals surface area contributed by atoms with Gasteiger partial charge in [0.05, 0.1) is 8.95 Å². The summed E-state index contributed by atoms with van der Waals surface area (Å²) in [5.41, 5.74) is 1.80. The molecule has 2 aromatic rings. The highest BCUT2D eigenvalue weighted by Gasteiger charge is 2.25. The molecule has 0 aromatic heterocycles.